The normalized spacial score (nSPS) is 12.4. The van der Waals surface area contributed by atoms with E-state index in [9.17, 15) is 14.4 Å². The standard InChI is InChI=1S/C17H24N4O4/c1-11(2)8-13(16(23)20-14(9-18)15(19)22)21-17(24)25-10-12-6-4-3-5-7-12/h3-7,9,11,13H,8,10,18H2,1-2H3,(H2,19,22)(H,20,23)(H,21,24)/t13-/m0/s1. The highest BCUT2D eigenvalue weighted by atomic mass is 16.5. The Balaban J connectivity index is 2.66. The molecule has 0 aliphatic heterocycles. The number of rotatable bonds is 8. The molecule has 0 saturated heterocycles. The van der Waals surface area contributed by atoms with Crippen LogP contribution in [0.5, 0.6) is 0 Å². The summed E-state index contributed by atoms with van der Waals surface area (Å²) in [6.45, 7) is 3.87. The smallest absolute Gasteiger partial charge is 0.408 e. The van der Waals surface area contributed by atoms with Crippen LogP contribution < -0.4 is 22.1 Å². The summed E-state index contributed by atoms with van der Waals surface area (Å²) in [7, 11) is 0. The first-order valence-corrected chi connectivity index (χ1v) is 7.83. The van der Waals surface area contributed by atoms with E-state index < -0.39 is 23.9 Å². The second-order valence-electron chi connectivity index (χ2n) is 5.82. The summed E-state index contributed by atoms with van der Waals surface area (Å²) in [5, 5.41) is 4.80. The van der Waals surface area contributed by atoms with Gasteiger partial charge >= 0.3 is 6.09 Å². The van der Waals surface area contributed by atoms with Crippen LogP contribution in [0, 0.1) is 5.92 Å². The van der Waals surface area contributed by atoms with E-state index in [1.54, 1.807) is 0 Å². The molecule has 3 amide bonds. The number of alkyl carbamates (subject to hydrolysis) is 1. The lowest BCUT2D eigenvalue weighted by atomic mass is 10.0. The fraction of sp³-hybridized carbons (Fsp3) is 0.353. The minimum atomic E-state index is -0.891. The van der Waals surface area contributed by atoms with Crippen LogP contribution in [0.3, 0.4) is 0 Å². The topological polar surface area (TPSA) is 137 Å². The maximum absolute atomic E-state index is 12.3. The van der Waals surface area contributed by atoms with Gasteiger partial charge in [0.15, 0.2) is 0 Å². The molecule has 0 radical (unpaired) electrons. The van der Waals surface area contributed by atoms with Crippen molar-refractivity contribution in [2.24, 2.45) is 17.4 Å². The Morgan fingerprint density at radius 1 is 1.20 bits per heavy atom. The molecule has 0 aromatic heterocycles. The number of hydrogen-bond donors (Lipinski definition) is 4. The van der Waals surface area contributed by atoms with Gasteiger partial charge in [0, 0.05) is 6.20 Å². The van der Waals surface area contributed by atoms with Crippen LogP contribution in [0.15, 0.2) is 42.2 Å². The van der Waals surface area contributed by atoms with Crippen molar-refractivity contribution in [1.82, 2.24) is 10.6 Å². The monoisotopic (exact) mass is 348 g/mol. The maximum Gasteiger partial charge on any atom is 0.408 e. The van der Waals surface area contributed by atoms with Crippen LogP contribution >= 0.6 is 0 Å². The number of hydrogen-bond acceptors (Lipinski definition) is 5. The Kier molecular flexibility index (Phi) is 7.98. The summed E-state index contributed by atoms with van der Waals surface area (Å²) in [5.74, 6) is -1.35. The SMILES string of the molecule is CC(C)C[C@H](NC(=O)OCc1ccccc1)C(=O)NC(=CN)C(N)=O. The fourth-order valence-corrected chi connectivity index (χ4v) is 2.02. The molecule has 0 bridgehead atoms. The van der Waals surface area contributed by atoms with Gasteiger partial charge in [-0.15, -0.1) is 0 Å². The van der Waals surface area contributed by atoms with Gasteiger partial charge < -0.3 is 26.8 Å². The van der Waals surface area contributed by atoms with Crippen LogP contribution in [0.2, 0.25) is 0 Å². The first-order chi connectivity index (χ1) is 11.8. The van der Waals surface area contributed by atoms with Gasteiger partial charge in [-0.1, -0.05) is 44.2 Å². The van der Waals surface area contributed by atoms with Crippen LogP contribution in [0.4, 0.5) is 4.79 Å². The molecule has 0 saturated carbocycles. The predicted molar refractivity (Wildman–Crippen MR) is 92.6 cm³/mol. The van der Waals surface area contributed by atoms with Crippen molar-refractivity contribution in [3.8, 4) is 0 Å². The van der Waals surface area contributed by atoms with E-state index in [0.717, 1.165) is 11.8 Å². The van der Waals surface area contributed by atoms with Crippen LogP contribution in [0.1, 0.15) is 25.8 Å². The molecule has 1 aromatic rings. The highest BCUT2D eigenvalue weighted by molar-refractivity contribution is 5.98. The summed E-state index contributed by atoms with van der Waals surface area (Å²) < 4.78 is 5.11. The molecule has 1 atom stereocenters. The average molecular weight is 348 g/mol. The quantitative estimate of drug-likeness (QED) is 0.513. The van der Waals surface area contributed by atoms with Gasteiger partial charge in [0.1, 0.15) is 18.3 Å². The summed E-state index contributed by atoms with van der Waals surface area (Å²) in [4.78, 5) is 35.4. The van der Waals surface area contributed by atoms with E-state index in [1.807, 2.05) is 44.2 Å². The van der Waals surface area contributed by atoms with Gasteiger partial charge in [-0.05, 0) is 17.9 Å². The molecule has 0 unspecified atom stereocenters. The Morgan fingerprint density at radius 3 is 2.36 bits per heavy atom. The third-order valence-corrected chi connectivity index (χ3v) is 3.22. The molecule has 25 heavy (non-hydrogen) atoms. The first kappa shape index (κ1) is 20.0. The van der Waals surface area contributed by atoms with Crippen molar-refractivity contribution in [2.75, 3.05) is 0 Å². The number of benzene rings is 1. The average Bonchev–Trinajstić information content (AvgIpc) is 2.57. The summed E-state index contributed by atoms with van der Waals surface area (Å²) >= 11 is 0. The van der Waals surface area contributed by atoms with E-state index in [2.05, 4.69) is 10.6 Å². The molecule has 8 nitrogen and oxygen atoms in total. The van der Waals surface area contributed by atoms with E-state index >= 15 is 0 Å². The van der Waals surface area contributed by atoms with Crippen molar-refractivity contribution in [3.63, 3.8) is 0 Å². The number of nitrogens with two attached hydrogens (primary N) is 2. The summed E-state index contributed by atoms with van der Waals surface area (Å²) in [5.41, 5.74) is 10.9. The lowest BCUT2D eigenvalue weighted by molar-refractivity contribution is -0.124. The lowest BCUT2D eigenvalue weighted by Gasteiger charge is -2.20. The van der Waals surface area contributed by atoms with Gasteiger partial charge in [-0.2, -0.15) is 0 Å². The molecule has 0 heterocycles. The largest absolute Gasteiger partial charge is 0.445 e. The Bertz CT molecular complexity index is 629. The van der Waals surface area contributed by atoms with E-state index in [4.69, 9.17) is 16.2 Å². The predicted octanol–water partition coefficient (Wildman–Crippen LogP) is 0.729. The first-order valence-electron chi connectivity index (χ1n) is 7.83. The maximum atomic E-state index is 12.3. The van der Waals surface area contributed by atoms with Crippen LogP contribution in [0.25, 0.3) is 0 Å². The molecule has 136 valence electrons. The number of primary amides is 1. The van der Waals surface area contributed by atoms with E-state index in [0.29, 0.717) is 6.42 Å². The molecule has 0 spiro atoms. The van der Waals surface area contributed by atoms with Crippen molar-refractivity contribution >= 4 is 17.9 Å². The Morgan fingerprint density at radius 2 is 1.84 bits per heavy atom. The van der Waals surface area contributed by atoms with E-state index in [1.165, 1.54) is 0 Å². The second-order valence-corrected chi connectivity index (χ2v) is 5.82. The highest BCUT2D eigenvalue weighted by Gasteiger charge is 2.24. The van der Waals surface area contributed by atoms with Crippen molar-refractivity contribution < 1.29 is 19.1 Å². The molecular formula is C17H24N4O4. The van der Waals surface area contributed by atoms with Gasteiger partial charge in [0.05, 0.1) is 0 Å². The third-order valence-electron chi connectivity index (χ3n) is 3.22. The zero-order valence-corrected chi connectivity index (χ0v) is 14.3. The molecule has 1 aromatic carbocycles. The highest BCUT2D eigenvalue weighted by Crippen LogP contribution is 2.07. The second kappa shape index (κ2) is 9.96. The third kappa shape index (κ3) is 7.38. The molecule has 1 rings (SSSR count). The molecular weight excluding hydrogens is 324 g/mol. The molecule has 0 aliphatic carbocycles. The molecule has 6 N–H and O–H groups in total. The molecule has 0 fully saturated rings. The van der Waals surface area contributed by atoms with Crippen LogP contribution in [-0.2, 0) is 20.9 Å². The number of carbonyl (C=O) groups excluding carboxylic acids is 3. The molecule has 8 heteroatoms. The Labute approximate surface area is 146 Å². The zero-order valence-electron chi connectivity index (χ0n) is 14.3. The van der Waals surface area contributed by atoms with Gasteiger partial charge in [-0.3, -0.25) is 9.59 Å². The lowest BCUT2D eigenvalue weighted by Crippen LogP contribution is -2.48. The number of carbonyl (C=O) groups is 3. The van der Waals surface area contributed by atoms with Crippen molar-refractivity contribution in [1.29, 1.82) is 0 Å². The summed E-state index contributed by atoms with van der Waals surface area (Å²) in [6, 6.07) is 8.26. The van der Waals surface area contributed by atoms with Gasteiger partial charge in [0.25, 0.3) is 5.91 Å². The Hall–Kier alpha value is -3.03. The fourth-order valence-electron chi connectivity index (χ4n) is 2.02. The minimum absolute atomic E-state index is 0.0813. The summed E-state index contributed by atoms with van der Waals surface area (Å²) in [6.07, 6.45) is 0.519. The minimum Gasteiger partial charge on any atom is -0.445 e. The van der Waals surface area contributed by atoms with E-state index in [-0.39, 0.29) is 18.2 Å². The number of ether oxygens (including phenoxy) is 1. The van der Waals surface area contributed by atoms with Gasteiger partial charge in [-0.25, -0.2) is 4.79 Å². The van der Waals surface area contributed by atoms with Gasteiger partial charge in [0.2, 0.25) is 5.91 Å². The zero-order chi connectivity index (χ0) is 18.8. The number of amides is 3. The van der Waals surface area contributed by atoms with Crippen molar-refractivity contribution in [2.45, 2.75) is 32.9 Å². The van der Waals surface area contributed by atoms with Crippen molar-refractivity contribution in [3.05, 3.63) is 47.8 Å². The van der Waals surface area contributed by atoms with Crippen LogP contribution in [-0.4, -0.2) is 23.9 Å². The number of nitrogens with one attached hydrogen (secondary N) is 2. The molecule has 0 aliphatic rings.